The summed E-state index contributed by atoms with van der Waals surface area (Å²) in [4.78, 5) is 21.3. The van der Waals surface area contributed by atoms with Gasteiger partial charge in [-0.25, -0.2) is 14.5 Å². The fourth-order valence-corrected chi connectivity index (χ4v) is 5.57. The number of rotatable bonds is 6. The zero-order valence-electron chi connectivity index (χ0n) is 23.7. The van der Waals surface area contributed by atoms with Crippen LogP contribution in [0.15, 0.2) is 72.5 Å². The Morgan fingerprint density at radius 3 is 2.57 bits per heavy atom. The molecule has 4 aromatic rings. The summed E-state index contributed by atoms with van der Waals surface area (Å²) in [6, 6.07) is 12.7. The second-order valence-corrected chi connectivity index (χ2v) is 10.9. The molecule has 15 heteroatoms. The van der Waals surface area contributed by atoms with Gasteiger partial charge in [0.2, 0.25) is 0 Å². The molecule has 2 aliphatic heterocycles. The van der Waals surface area contributed by atoms with Crippen LogP contribution >= 0.6 is 11.6 Å². The number of fused-ring (bicyclic) bond motifs is 1. The molecule has 2 aromatic carbocycles. The van der Waals surface area contributed by atoms with Crippen LogP contribution in [-0.2, 0) is 9.63 Å². The second-order valence-electron chi connectivity index (χ2n) is 10.5. The third kappa shape index (κ3) is 5.89. The van der Waals surface area contributed by atoms with Gasteiger partial charge in [0.05, 0.1) is 24.7 Å². The van der Waals surface area contributed by atoms with Crippen LogP contribution < -0.4 is 10.1 Å². The number of benzene rings is 2. The fourth-order valence-electron chi connectivity index (χ4n) is 5.43. The first-order chi connectivity index (χ1) is 21.1. The molecule has 0 radical (unpaired) electrons. The molecule has 1 saturated heterocycles. The number of aryl methyl sites for hydroxylation is 1. The van der Waals surface area contributed by atoms with E-state index in [1.165, 1.54) is 13.4 Å². The topological polar surface area (TPSA) is 102 Å². The number of anilines is 1. The van der Waals surface area contributed by atoms with E-state index >= 15 is 0 Å². The first-order valence-corrected chi connectivity index (χ1v) is 14.2. The van der Waals surface area contributed by atoms with Crippen LogP contribution in [0.3, 0.4) is 0 Å². The monoisotopic (exact) mass is 628 g/mol. The molecule has 44 heavy (non-hydrogen) atoms. The zero-order chi connectivity index (χ0) is 31.0. The molecule has 0 aliphatic carbocycles. The minimum absolute atomic E-state index is 0.0661. The van der Waals surface area contributed by atoms with Gasteiger partial charge < -0.3 is 19.5 Å². The quantitative estimate of drug-likeness (QED) is 0.293. The van der Waals surface area contributed by atoms with Gasteiger partial charge in [-0.15, -0.1) is 10.2 Å². The number of carbonyl (C=O) groups excluding carboxylic acids is 1. The van der Waals surface area contributed by atoms with Gasteiger partial charge in [0, 0.05) is 36.6 Å². The van der Waals surface area contributed by atoms with Crippen molar-refractivity contribution >= 4 is 29.2 Å². The van der Waals surface area contributed by atoms with Gasteiger partial charge in [0.1, 0.15) is 17.2 Å². The lowest BCUT2D eigenvalue weighted by atomic mass is 9.91. The van der Waals surface area contributed by atoms with E-state index in [0.29, 0.717) is 35.2 Å². The molecular formula is C29H28ClF3N8O3. The summed E-state index contributed by atoms with van der Waals surface area (Å²) in [6.07, 6.45) is 2.96. The van der Waals surface area contributed by atoms with Crippen molar-refractivity contribution in [3.63, 3.8) is 0 Å². The predicted molar refractivity (Wildman–Crippen MR) is 156 cm³/mol. The number of halogens is 4. The minimum Gasteiger partial charge on any atom is -0.494 e. The first-order valence-electron chi connectivity index (χ1n) is 13.8. The Bertz CT molecular complexity index is 1690. The van der Waals surface area contributed by atoms with E-state index in [4.69, 9.17) is 21.2 Å². The number of imidazole rings is 1. The highest BCUT2D eigenvalue weighted by Crippen LogP contribution is 2.39. The maximum absolute atomic E-state index is 13.5. The number of methoxy groups -OCH3 is 1. The van der Waals surface area contributed by atoms with Gasteiger partial charge in [-0.2, -0.15) is 18.3 Å². The van der Waals surface area contributed by atoms with Crippen LogP contribution in [-0.4, -0.2) is 67.3 Å². The molecule has 1 N–H and O–H groups in total. The molecule has 2 aromatic heterocycles. The average molecular weight is 629 g/mol. The van der Waals surface area contributed by atoms with Crippen LogP contribution in [0.4, 0.5) is 18.9 Å². The Labute approximate surface area is 255 Å². The Kier molecular flexibility index (Phi) is 7.84. The van der Waals surface area contributed by atoms with E-state index in [1.54, 1.807) is 44.9 Å². The van der Waals surface area contributed by atoms with Gasteiger partial charge >= 0.3 is 12.1 Å². The van der Waals surface area contributed by atoms with Crippen molar-refractivity contribution in [2.24, 2.45) is 5.10 Å². The molecular weight excluding hydrogens is 601 g/mol. The third-order valence-corrected chi connectivity index (χ3v) is 7.66. The smallest absolute Gasteiger partial charge is 0.493 e. The average Bonchev–Trinajstić information content (AvgIpc) is 3.68. The van der Waals surface area contributed by atoms with Crippen LogP contribution in [0, 0.1) is 6.92 Å². The lowest BCUT2D eigenvalue weighted by Crippen LogP contribution is -2.49. The highest BCUT2D eigenvalue weighted by molar-refractivity contribution is 6.29. The molecule has 4 heterocycles. The number of hydroxylamine groups is 2. The van der Waals surface area contributed by atoms with Crippen LogP contribution in [0.25, 0.3) is 11.4 Å². The maximum Gasteiger partial charge on any atom is 0.493 e. The van der Waals surface area contributed by atoms with Gasteiger partial charge in [-0.3, -0.25) is 5.01 Å². The van der Waals surface area contributed by atoms with Crippen molar-refractivity contribution in [2.75, 3.05) is 19.0 Å². The number of alkyl halides is 3. The molecule has 0 spiro atoms. The summed E-state index contributed by atoms with van der Waals surface area (Å²) in [5, 5.41) is 14.9. The maximum atomic E-state index is 13.5. The normalized spacial score (nSPS) is 18.5. The van der Waals surface area contributed by atoms with Gasteiger partial charge in [-0.05, 0) is 55.2 Å². The lowest BCUT2D eigenvalue weighted by Gasteiger charge is -2.34. The first kappa shape index (κ1) is 29.4. The summed E-state index contributed by atoms with van der Waals surface area (Å²) in [7, 11) is 1.48. The zero-order valence-corrected chi connectivity index (χ0v) is 24.5. The number of nitrogens with one attached hydrogen (secondary N) is 1. The molecule has 0 bridgehead atoms. The molecule has 11 nitrogen and oxygen atoms in total. The van der Waals surface area contributed by atoms with Gasteiger partial charge in [-0.1, -0.05) is 30.2 Å². The Hall–Kier alpha value is -4.72. The molecule has 0 amide bonds. The molecule has 2 unspecified atom stereocenters. The summed E-state index contributed by atoms with van der Waals surface area (Å²) in [5.41, 5.74) is 3.79. The Morgan fingerprint density at radius 1 is 1.11 bits per heavy atom. The Balaban J connectivity index is 1.32. The molecule has 2 aliphatic rings. The number of nitrogens with zero attached hydrogens (tertiary/aromatic N) is 7. The van der Waals surface area contributed by atoms with Crippen molar-refractivity contribution in [3.8, 4) is 17.1 Å². The number of hydrogen-bond donors (Lipinski definition) is 1. The van der Waals surface area contributed by atoms with E-state index in [9.17, 15) is 18.0 Å². The minimum atomic E-state index is -5.21. The van der Waals surface area contributed by atoms with Crippen molar-refractivity contribution in [3.05, 3.63) is 83.7 Å². The fraction of sp³-hybridized carbons (Fsp3) is 0.310. The standard InChI is InChI=1S/C29H28ClF3N8O3/c1-18-14-35-40(15-18)21-9-6-19(7-10-21)22-5-3-4-12-39-26(22)41(44-27(42)29(31,32)33)28(37-39)36-20-8-11-23(24(13-20)43-2)38-16-25(30)34-17-38/h6-11,13-17,22,26H,3-5,12H2,1-2H3,(H,36,37). The van der Waals surface area contributed by atoms with Crippen molar-refractivity contribution in [2.45, 2.75) is 44.4 Å². The third-order valence-electron chi connectivity index (χ3n) is 7.47. The highest BCUT2D eigenvalue weighted by atomic mass is 35.5. The van der Waals surface area contributed by atoms with Crippen LogP contribution in [0.2, 0.25) is 5.15 Å². The largest absolute Gasteiger partial charge is 0.494 e. The van der Waals surface area contributed by atoms with E-state index in [1.807, 2.05) is 37.4 Å². The second kappa shape index (κ2) is 11.8. The lowest BCUT2D eigenvalue weighted by molar-refractivity contribution is -0.235. The van der Waals surface area contributed by atoms with Crippen LogP contribution in [0.5, 0.6) is 5.75 Å². The number of aromatic nitrogens is 4. The van der Waals surface area contributed by atoms with Gasteiger partial charge in [0.25, 0.3) is 5.96 Å². The molecule has 1 fully saturated rings. The number of guanidine groups is 1. The van der Waals surface area contributed by atoms with E-state index in [0.717, 1.165) is 34.7 Å². The van der Waals surface area contributed by atoms with Crippen molar-refractivity contribution < 1.29 is 27.5 Å². The molecule has 230 valence electrons. The van der Waals surface area contributed by atoms with Crippen molar-refractivity contribution in [1.29, 1.82) is 0 Å². The van der Waals surface area contributed by atoms with Crippen LogP contribution in [0.1, 0.15) is 36.3 Å². The number of hydrogen-bond acceptors (Lipinski definition) is 9. The van der Waals surface area contributed by atoms with Crippen molar-refractivity contribution in [1.82, 2.24) is 29.4 Å². The SMILES string of the molecule is COc1cc(NC2=NN3CCCCC(c4ccc(-n5cc(C)cn5)cc4)C3N2OC(=O)C(F)(F)F)ccc1-n1cnc(Cl)c1. The Morgan fingerprint density at radius 2 is 1.91 bits per heavy atom. The highest BCUT2D eigenvalue weighted by Gasteiger charge is 2.49. The van der Waals surface area contributed by atoms with E-state index in [-0.39, 0.29) is 11.9 Å². The summed E-state index contributed by atoms with van der Waals surface area (Å²) < 4.78 is 49.4. The summed E-state index contributed by atoms with van der Waals surface area (Å²) >= 11 is 5.97. The molecule has 2 atom stereocenters. The number of ether oxygens (including phenoxy) is 1. The van der Waals surface area contributed by atoms with E-state index < -0.39 is 18.3 Å². The number of carbonyl (C=O) groups is 1. The predicted octanol–water partition coefficient (Wildman–Crippen LogP) is 5.64. The number of hydrazone groups is 1. The summed E-state index contributed by atoms with van der Waals surface area (Å²) in [6.45, 7) is 2.40. The molecule has 0 saturated carbocycles. The van der Waals surface area contributed by atoms with Gasteiger partial charge in [0.15, 0.2) is 6.17 Å². The van der Waals surface area contributed by atoms with E-state index in [2.05, 4.69) is 20.5 Å². The summed E-state index contributed by atoms with van der Waals surface area (Å²) in [5.74, 6) is -2.31. The molecule has 6 rings (SSSR count).